The number of rotatable bonds is 6. The van der Waals surface area contributed by atoms with E-state index in [1.807, 2.05) is 55.4 Å². The molecule has 1 aromatic heterocycles. The molecular formula is C27H32ClN3O3. The van der Waals surface area contributed by atoms with Crippen LogP contribution in [0.4, 0.5) is 0 Å². The van der Waals surface area contributed by atoms with Gasteiger partial charge >= 0.3 is 0 Å². The van der Waals surface area contributed by atoms with Crippen molar-refractivity contribution in [3.63, 3.8) is 0 Å². The number of nitrogens with zero attached hydrogens (tertiary/aromatic N) is 2. The molecule has 2 N–H and O–H groups in total. The number of H-pyrrole nitrogens is 1. The average molecular weight is 482 g/mol. The molecule has 1 aliphatic carbocycles. The zero-order valence-corrected chi connectivity index (χ0v) is 20.7. The summed E-state index contributed by atoms with van der Waals surface area (Å²) in [5, 5.41) is 11.9. The second-order valence-electron chi connectivity index (χ2n) is 9.88. The van der Waals surface area contributed by atoms with Crippen molar-refractivity contribution in [2.45, 2.75) is 31.4 Å². The highest BCUT2D eigenvalue weighted by atomic mass is 35.5. The molecule has 7 heteroatoms. The van der Waals surface area contributed by atoms with Crippen molar-refractivity contribution >= 4 is 28.4 Å². The quantitative estimate of drug-likeness (QED) is 0.514. The number of benzene rings is 2. The van der Waals surface area contributed by atoms with Crippen LogP contribution in [-0.4, -0.2) is 71.5 Å². The molecule has 6 nitrogen and oxygen atoms in total. The Morgan fingerprint density at radius 3 is 2.85 bits per heavy atom. The van der Waals surface area contributed by atoms with E-state index >= 15 is 0 Å². The fourth-order valence-corrected chi connectivity index (χ4v) is 6.00. The van der Waals surface area contributed by atoms with Gasteiger partial charge in [0.15, 0.2) is 0 Å². The molecule has 34 heavy (non-hydrogen) atoms. The lowest BCUT2D eigenvalue weighted by Gasteiger charge is -2.37. The van der Waals surface area contributed by atoms with Gasteiger partial charge in [-0.15, -0.1) is 11.6 Å². The fourth-order valence-electron chi connectivity index (χ4n) is 5.71. The van der Waals surface area contributed by atoms with Crippen LogP contribution in [0.1, 0.15) is 45.6 Å². The molecule has 0 spiro atoms. The smallest absolute Gasteiger partial charge is 0.270 e. The summed E-state index contributed by atoms with van der Waals surface area (Å²) in [4.78, 5) is 21.0. The number of nitrogens with one attached hydrogen (secondary N) is 1. The first kappa shape index (κ1) is 23.2. The average Bonchev–Trinajstić information content (AvgIpc) is 3.40. The third kappa shape index (κ3) is 4.08. The largest absolute Gasteiger partial charge is 0.492 e. The lowest BCUT2D eigenvalue weighted by Crippen LogP contribution is -2.40. The summed E-state index contributed by atoms with van der Waals surface area (Å²) in [5.74, 6) is 1.53. The SMILES string of the molecule is Cc1cccc2c1[C@@H]1C(CC2O)N(C(=O)c2cc3cc(OCCN(C)C)ccc3[nH]2)C[C@H]1CCl. The van der Waals surface area contributed by atoms with E-state index in [9.17, 15) is 9.90 Å². The van der Waals surface area contributed by atoms with Crippen molar-refractivity contribution in [1.82, 2.24) is 14.8 Å². The van der Waals surface area contributed by atoms with Crippen molar-refractivity contribution in [3.8, 4) is 5.75 Å². The second kappa shape index (κ2) is 9.25. The maximum Gasteiger partial charge on any atom is 0.270 e. The predicted molar refractivity (Wildman–Crippen MR) is 135 cm³/mol. The first-order valence-electron chi connectivity index (χ1n) is 11.9. The van der Waals surface area contributed by atoms with Crippen LogP contribution in [0.2, 0.25) is 0 Å². The number of halogens is 1. The van der Waals surface area contributed by atoms with Crippen LogP contribution in [0.5, 0.6) is 5.75 Å². The summed E-state index contributed by atoms with van der Waals surface area (Å²) >= 11 is 6.42. The van der Waals surface area contributed by atoms with E-state index < -0.39 is 6.10 Å². The number of fused-ring (bicyclic) bond motifs is 4. The van der Waals surface area contributed by atoms with Gasteiger partial charge in [-0.05, 0) is 74.3 Å². The van der Waals surface area contributed by atoms with Crippen molar-refractivity contribution in [1.29, 1.82) is 0 Å². The van der Waals surface area contributed by atoms with Gasteiger partial charge in [0, 0.05) is 41.8 Å². The van der Waals surface area contributed by atoms with Crippen LogP contribution in [0, 0.1) is 12.8 Å². The van der Waals surface area contributed by atoms with Crippen molar-refractivity contribution < 1.29 is 14.6 Å². The summed E-state index contributed by atoms with van der Waals surface area (Å²) in [6.45, 7) is 4.11. The zero-order chi connectivity index (χ0) is 24.0. The van der Waals surface area contributed by atoms with Gasteiger partial charge < -0.3 is 24.6 Å². The van der Waals surface area contributed by atoms with E-state index in [1.54, 1.807) is 0 Å². The molecule has 2 aromatic carbocycles. The highest BCUT2D eigenvalue weighted by Crippen LogP contribution is 2.49. The molecular weight excluding hydrogens is 450 g/mol. The van der Waals surface area contributed by atoms with Crippen LogP contribution in [0.3, 0.4) is 0 Å². The van der Waals surface area contributed by atoms with Crippen molar-refractivity contribution in [2.24, 2.45) is 5.92 Å². The van der Waals surface area contributed by atoms with Crippen molar-refractivity contribution in [3.05, 3.63) is 64.8 Å². The molecule has 5 rings (SSSR count). The van der Waals surface area contributed by atoms with E-state index in [0.717, 1.165) is 34.3 Å². The van der Waals surface area contributed by atoms with Gasteiger partial charge in [0.05, 0.1) is 6.10 Å². The Morgan fingerprint density at radius 2 is 2.09 bits per heavy atom. The third-order valence-corrected chi connectivity index (χ3v) is 7.75. The molecule has 0 radical (unpaired) electrons. The van der Waals surface area contributed by atoms with E-state index in [4.69, 9.17) is 16.3 Å². The zero-order valence-electron chi connectivity index (χ0n) is 19.9. The molecule has 180 valence electrons. The number of alkyl halides is 1. The maximum atomic E-state index is 13.7. The normalized spacial score (nSPS) is 23.9. The van der Waals surface area contributed by atoms with Gasteiger partial charge in [0.25, 0.3) is 5.91 Å². The molecule has 1 aliphatic heterocycles. The monoisotopic (exact) mass is 481 g/mol. The predicted octanol–water partition coefficient (Wildman–Crippen LogP) is 4.32. The lowest BCUT2D eigenvalue weighted by atomic mass is 9.73. The first-order valence-corrected chi connectivity index (χ1v) is 12.5. The van der Waals surface area contributed by atoms with Gasteiger partial charge in [-0.2, -0.15) is 0 Å². The number of aromatic nitrogens is 1. The molecule has 0 saturated carbocycles. The first-order chi connectivity index (χ1) is 16.4. The van der Waals surface area contributed by atoms with Gasteiger partial charge in [-0.1, -0.05) is 18.2 Å². The second-order valence-corrected chi connectivity index (χ2v) is 10.2. The molecule has 1 fully saturated rings. The molecule has 0 bridgehead atoms. The fraction of sp³-hybridized carbons (Fsp3) is 0.444. The summed E-state index contributed by atoms with van der Waals surface area (Å²) < 4.78 is 5.86. The Balaban J connectivity index is 1.42. The highest BCUT2D eigenvalue weighted by Gasteiger charge is 2.49. The molecule has 2 heterocycles. The van der Waals surface area contributed by atoms with Crippen molar-refractivity contribution in [2.75, 3.05) is 39.7 Å². The van der Waals surface area contributed by atoms with Crippen LogP contribution in [0.15, 0.2) is 42.5 Å². The molecule has 2 unspecified atom stereocenters. The number of ether oxygens (including phenoxy) is 1. The molecule has 2 aliphatic rings. The summed E-state index contributed by atoms with van der Waals surface area (Å²) in [5.41, 5.74) is 4.77. The van der Waals surface area contributed by atoms with Gasteiger partial charge in [-0.3, -0.25) is 4.79 Å². The molecule has 1 saturated heterocycles. The number of carbonyl (C=O) groups excluding carboxylic acids is 1. The Bertz CT molecular complexity index is 1210. The van der Waals surface area contributed by atoms with Crippen LogP contribution in [-0.2, 0) is 0 Å². The minimum absolute atomic E-state index is 0.0434. The minimum atomic E-state index is -0.579. The van der Waals surface area contributed by atoms with Gasteiger partial charge in [-0.25, -0.2) is 0 Å². The number of aryl methyl sites for hydroxylation is 1. The number of aliphatic hydroxyl groups excluding tert-OH is 1. The Hall–Kier alpha value is -2.54. The number of aromatic amines is 1. The summed E-state index contributed by atoms with van der Waals surface area (Å²) in [7, 11) is 4.03. The van der Waals surface area contributed by atoms with Crippen LogP contribution < -0.4 is 4.74 Å². The van der Waals surface area contributed by atoms with E-state index in [2.05, 4.69) is 22.9 Å². The maximum absolute atomic E-state index is 13.7. The van der Waals surface area contributed by atoms with Gasteiger partial charge in [0.2, 0.25) is 0 Å². The van der Waals surface area contributed by atoms with Crippen LogP contribution >= 0.6 is 11.6 Å². The van der Waals surface area contributed by atoms with E-state index in [0.29, 0.717) is 31.1 Å². The molecule has 4 atom stereocenters. The Labute approximate surface area is 205 Å². The number of carbonyl (C=O) groups is 1. The number of aliphatic hydroxyl groups is 1. The van der Waals surface area contributed by atoms with Crippen LogP contribution in [0.25, 0.3) is 10.9 Å². The Morgan fingerprint density at radius 1 is 1.26 bits per heavy atom. The highest BCUT2D eigenvalue weighted by molar-refractivity contribution is 6.18. The third-order valence-electron chi connectivity index (χ3n) is 7.36. The minimum Gasteiger partial charge on any atom is -0.492 e. The summed E-state index contributed by atoms with van der Waals surface area (Å²) in [6, 6.07) is 13.8. The number of likely N-dealkylation sites (tertiary alicyclic amines) is 1. The summed E-state index contributed by atoms with van der Waals surface area (Å²) in [6.07, 6.45) is -0.0465. The molecule has 3 aromatic rings. The number of likely N-dealkylation sites (N-methyl/N-ethyl adjacent to an activating group) is 1. The molecule has 1 amide bonds. The number of hydrogen-bond donors (Lipinski definition) is 2. The number of amides is 1. The van der Waals surface area contributed by atoms with E-state index in [1.165, 1.54) is 5.56 Å². The topological polar surface area (TPSA) is 68.8 Å². The van der Waals surface area contributed by atoms with E-state index in [-0.39, 0.29) is 23.8 Å². The number of hydrogen-bond acceptors (Lipinski definition) is 4. The standard InChI is InChI=1S/C27H32ClN3O3/c1-16-5-4-6-20-24(32)13-23-26(25(16)20)18(14-28)15-31(23)27(33)22-12-17-11-19(7-8-21(17)29-22)34-10-9-30(2)3/h4-8,11-12,18,23-24,26,29,32H,9-10,13-15H2,1-3H3/t18-,23?,24?,26+/m1/s1. The Kier molecular flexibility index (Phi) is 6.32. The van der Waals surface area contributed by atoms with Gasteiger partial charge in [0.1, 0.15) is 18.1 Å². The lowest BCUT2D eigenvalue weighted by molar-refractivity contribution is 0.0623.